The largest absolute Gasteiger partial charge is 0.306 e. The quantitative estimate of drug-likeness (QED) is 0.169. The van der Waals surface area contributed by atoms with Crippen LogP contribution in [0.4, 0.5) is 68.5 Å². The molecule has 0 saturated heterocycles. The van der Waals surface area contributed by atoms with Gasteiger partial charge in [-0.15, -0.1) is 0 Å². The predicted octanol–water partition coefficient (Wildman–Crippen LogP) is 18.9. The molecule has 0 atom stereocenters. The summed E-state index contributed by atoms with van der Waals surface area (Å²) in [6, 6.07) is 91.6. The van der Waals surface area contributed by atoms with Gasteiger partial charge in [-0.2, -0.15) is 0 Å². The van der Waals surface area contributed by atoms with Crippen molar-refractivity contribution in [3.8, 4) is 11.4 Å². The van der Waals surface area contributed by atoms with Crippen molar-refractivity contribution in [2.75, 3.05) is 19.6 Å². The predicted molar refractivity (Wildman–Crippen MR) is 323 cm³/mol. The lowest BCUT2D eigenvalue weighted by molar-refractivity contribution is 1.09. The van der Waals surface area contributed by atoms with Gasteiger partial charge >= 0.3 is 0 Å². The number of pyridine rings is 2. The molecular weight excluding hydrogens is 953 g/mol. The Bertz CT molecular complexity index is 4590. The van der Waals surface area contributed by atoms with E-state index in [1.807, 2.05) is 48.8 Å². The molecule has 0 bridgehead atoms. The Morgan fingerprint density at radius 1 is 0.244 bits per heavy atom. The van der Waals surface area contributed by atoms with Gasteiger partial charge in [0.25, 0.3) is 0 Å². The van der Waals surface area contributed by atoms with E-state index >= 15 is 0 Å². The Hall–Kier alpha value is -10.7. The van der Waals surface area contributed by atoms with Crippen molar-refractivity contribution in [3.63, 3.8) is 0 Å². The number of nitrogens with zero attached hydrogens (tertiary/aromatic N) is 8. The molecule has 0 unspecified atom stereocenters. The maximum Gasteiger partial charge on any atom is 0.235 e. The molecule has 2 aliphatic heterocycles. The zero-order chi connectivity index (χ0) is 51.5. The molecule has 0 N–H and O–H groups in total. The van der Waals surface area contributed by atoms with Crippen molar-refractivity contribution in [2.24, 2.45) is 0 Å². The van der Waals surface area contributed by atoms with Gasteiger partial charge in [-0.05, 0) is 100 Å². The van der Waals surface area contributed by atoms with E-state index in [4.69, 9.17) is 15.0 Å². The first-order chi connectivity index (χ1) is 38.7. The molecular formula is C70H46N8. The van der Waals surface area contributed by atoms with E-state index in [0.717, 1.165) is 90.2 Å². The highest BCUT2D eigenvalue weighted by atomic mass is 15.3. The molecule has 5 heterocycles. The van der Waals surface area contributed by atoms with Gasteiger partial charge < -0.3 is 14.7 Å². The molecule has 366 valence electrons. The number of rotatable bonds is 5. The minimum Gasteiger partial charge on any atom is -0.306 e. The fourth-order valence-corrected chi connectivity index (χ4v) is 11.5. The van der Waals surface area contributed by atoms with Crippen LogP contribution in [-0.2, 0) is 0 Å². The summed E-state index contributed by atoms with van der Waals surface area (Å²) < 4.78 is 0. The normalized spacial score (nSPS) is 12.5. The summed E-state index contributed by atoms with van der Waals surface area (Å²) in [4.78, 5) is 28.8. The monoisotopic (exact) mass is 998 g/mol. The zero-order valence-electron chi connectivity index (χ0n) is 42.1. The summed E-state index contributed by atoms with van der Waals surface area (Å²) in [6.07, 6.45) is 5.69. The first kappa shape index (κ1) is 44.8. The number of benzene rings is 11. The third-order valence-corrected chi connectivity index (χ3v) is 15.0. The second-order valence-electron chi connectivity index (χ2n) is 19.5. The van der Waals surface area contributed by atoms with E-state index in [1.54, 1.807) is 6.20 Å². The van der Waals surface area contributed by atoms with Crippen molar-refractivity contribution >= 4 is 123 Å². The molecule has 8 heteroatoms. The molecule has 14 aromatic rings. The van der Waals surface area contributed by atoms with Gasteiger partial charge in [0.2, 0.25) is 5.95 Å². The Labute approximate surface area is 450 Å². The van der Waals surface area contributed by atoms with E-state index in [2.05, 4.69) is 249 Å². The summed E-state index contributed by atoms with van der Waals surface area (Å²) in [6.45, 7) is 0. The van der Waals surface area contributed by atoms with Crippen molar-refractivity contribution < 1.29 is 0 Å². The van der Waals surface area contributed by atoms with Gasteiger partial charge in [0, 0.05) is 50.7 Å². The van der Waals surface area contributed by atoms with Crippen LogP contribution in [0.1, 0.15) is 0 Å². The molecule has 2 aliphatic rings. The first-order valence-electron chi connectivity index (χ1n) is 26.2. The van der Waals surface area contributed by atoms with Gasteiger partial charge in [0.1, 0.15) is 0 Å². The van der Waals surface area contributed by atoms with Crippen LogP contribution >= 0.6 is 0 Å². The molecule has 78 heavy (non-hydrogen) atoms. The minimum absolute atomic E-state index is 0.658. The summed E-state index contributed by atoms with van der Waals surface area (Å²) in [5, 5.41) is 10.5. The number of hydrogen-bond donors (Lipinski definition) is 0. The summed E-state index contributed by atoms with van der Waals surface area (Å²) in [5.41, 5.74) is 14.7. The molecule has 0 fully saturated rings. The van der Waals surface area contributed by atoms with E-state index in [9.17, 15) is 0 Å². The maximum absolute atomic E-state index is 5.08. The van der Waals surface area contributed by atoms with Gasteiger partial charge in [-0.25, -0.2) is 9.97 Å². The smallest absolute Gasteiger partial charge is 0.235 e. The molecule has 8 nitrogen and oxygen atoms in total. The molecule has 0 saturated carbocycles. The average molecular weight is 999 g/mol. The summed E-state index contributed by atoms with van der Waals surface area (Å²) in [7, 11) is 0. The van der Waals surface area contributed by atoms with Crippen LogP contribution in [0, 0.1) is 0 Å². The zero-order valence-corrected chi connectivity index (χ0v) is 42.1. The average Bonchev–Trinajstić information content (AvgIpc) is 3.60. The van der Waals surface area contributed by atoms with Crippen molar-refractivity contribution in [3.05, 3.63) is 279 Å². The third-order valence-electron chi connectivity index (χ3n) is 15.0. The molecule has 0 spiro atoms. The second-order valence-corrected chi connectivity index (χ2v) is 19.5. The Kier molecular flexibility index (Phi) is 10.7. The van der Waals surface area contributed by atoms with E-state index in [0.29, 0.717) is 5.95 Å². The van der Waals surface area contributed by atoms with Crippen LogP contribution in [0.5, 0.6) is 0 Å². The fraction of sp³-hybridized carbons (Fsp3) is 0. The molecule has 0 amide bonds. The second kappa shape index (κ2) is 18.6. The Morgan fingerprint density at radius 2 is 0.641 bits per heavy atom. The highest BCUT2D eigenvalue weighted by Gasteiger charge is 2.36. The van der Waals surface area contributed by atoms with Crippen molar-refractivity contribution in [1.82, 2.24) is 19.9 Å². The SMILES string of the molecule is c1ccc(N2c3ccc4ccccc4c3N(c3ccc(-c4ccccn4)nc3)c3ccc4ccccc4c32)cc1.c1ccc(N2c3ccc4ccccc4c3N(c3ncc4ccccc4n3)c3ccc4ccccc4c32)cc1. The highest BCUT2D eigenvalue weighted by molar-refractivity contribution is 6.18. The standard InChI is InChI=1S/C36H24N4.C34H22N4/c1-2-12-27(13-3-1)39-33-21-17-26-11-5-7-15-30(26)36(33)40(34-22-18-25-10-4-6-14-29(25)35(34)39)28-19-20-32(38-24-28)31-16-8-9-23-37-31;1-2-13-26(14-3-1)37-30-20-18-24-11-5-8-16-28(24)33(30)38(34-35-22-25-12-6-9-17-29(25)36-34)31-21-19-23-10-4-7-15-27(23)32(31)37/h1-24H;1-22H. The van der Waals surface area contributed by atoms with Crippen LogP contribution in [0.3, 0.4) is 0 Å². The summed E-state index contributed by atoms with van der Waals surface area (Å²) in [5.74, 6) is 0.658. The van der Waals surface area contributed by atoms with Crippen molar-refractivity contribution in [2.45, 2.75) is 0 Å². The van der Waals surface area contributed by atoms with Crippen molar-refractivity contribution in [1.29, 1.82) is 0 Å². The minimum atomic E-state index is 0.658. The lowest BCUT2D eigenvalue weighted by Crippen LogP contribution is -2.25. The molecule has 11 aromatic carbocycles. The van der Waals surface area contributed by atoms with Crippen LogP contribution < -0.4 is 19.6 Å². The maximum atomic E-state index is 5.08. The van der Waals surface area contributed by atoms with Crippen LogP contribution in [0.25, 0.3) is 65.4 Å². The van der Waals surface area contributed by atoms with Gasteiger partial charge in [-0.3, -0.25) is 14.9 Å². The van der Waals surface area contributed by atoms with Crippen LogP contribution in [0.15, 0.2) is 279 Å². The number of aromatic nitrogens is 4. The lowest BCUT2D eigenvalue weighted by Gasteiger charge is -2.41. The lowest BCUT2D eigenvalue weighted by atomic mass is 9.97. The molecule has 0 radical (unpaired) electrons. The highest BCUT2D eigenvalue weighted by Crippen LogP contribution is 2.60. The van der Waals surface area contributed by atoms with Crippen LogP contribution in [-0.4, -0.2) is 19.9 Å². The van der Waals surface area contributed by atoms with Gasteiger partial charge in [0.15, 0.2) is 0 Å². The van der Waals surface area contributed by atoms with E-state index in [1.165, 1.54) is 37.7 Å². The van der Waals surface area contributed by atoms with E-state index < -0.39 is 0 Å². The number of hydrogen-bond acceptors (Lipinski definition) is 8. The Morgan fingerprint density at radius 3 is 1.10 bits per heavy atom. The number of anilines is 12. The van der Waals surface area contributed by atoms with Gasteiger partial charge in [0.05, 0.1) is 74.3 Å². The molecule has 16 rings (SSSR count). The number of para-hydroxylation sites is 3. The third kappa shape index (κ3) is 7.38. The number of fused-ring (bicyclic) bond motifs is 13. The molecule has 0 aliphatic carbocycles. The molecule has 3 aromatic heterocycles. The fourth-order valence-electron chi connectivity index (χ4n) is 11.5. The summed E-state index contributed by atoms with van der Waals surface area (Å²) >= 11 is 0. The topological polar surface area (TPSA) is 64.5 Å². The first-order valence-corrected chi connectivity index (χ1v) is 26.2. The van der Waals surface area contributed by atoms with Gasteiger partial charge in [-0.1, -0.05) is 182 Å². The van der Waals surface area contributed by atoms with Crippen LogP contribution in [0.2, 0.25) is 0 Å². The Balaban J connectivity index is 0.000000136. The van der Waals surface area contributed by atoms with E-state index in [-0.39, 0.29) is 0 Å².